The van der Waals surface area contributed by atoms with Crippen LogP contribution in [0.1, 0.15) is 37.3 Å². The first-order chi connectivity index (χ1) is 10.7. The summed E-state index contributed by atoms with van der Waals surface area (Å²) >= 11 is 0. The van der Waals surface area contributed by atoms with Gasteiger partial charge in [0.1, 0.15) is 5.75 Å². The number of nitrogens with one attached hydrogen (secondary N) is 1. The van der Waals surface area contributed by atoms with E-state index in [1.165, 1.54) is 12.8 Å². The number of nitrogens with two attached hydrogens (primary N) is 1. The van der Waals surface area contributed by atoms with Crippen LogP contribution in [0.4, 0.5) is 0 Å². The first kappa shape index (κ1) is 18.3. The fourth-order valence-corrected chi connectivity index (χ4v) is 2.95. The molecule has 5 nitrogen and oxygen atoms in total. The molecule has 1 aliphatic carbocycles. The second-order valence-corrected chi connectivity index (χ2v) is 6.32. The van der Waals surface area contributed by atoms with Gasteiger partial charge in [-0.15, -0.1) is 24.0 Å². The van der Waals surface area contributed by atoms with Crippen LogP contribution < -0.4 is 15.8 Å². The predicted octanol–water partition coefficient (Wildman–Crippen LogP) is 2.85. The van der Waals surface area contributed by atoms with Crippen molar-refractivity contribution in [2.24, 2.45) is 16.1 Å². The number of benzene rings is 1. The lowest BCUT2D eigenvalue weighted by molar-refractivity contribution is 0.174. The second kappa shape index (κ2) is 8.19. The quantitative estimate of drug-likeness (QED) is 0.413. The van der Waals surface area contributed by atoms with Gasteiger partial charge in [0.15, 0.2) is 5.96 Å². The van der Waals surface area contributed by atoms with Crippen molar-refractivity contribution in [1.29, 1.82) is 0 Å². The SMILES string of the molecule is COCCC1(CN=C(N)NC2CCOc3ccccc32)CC1.I. The van der Waals surface area contributed by atoms with Gasteiger partial charge in [-0.25, -0.2) is 0 Å². The molecule has 0 aromatic heterocycles. The lowest BCUT2D eigenvalue weighted by atomic mass is 10.0. The number of methoxy groups -OCH3 is 1. The van der Waals surface area contributed by atoms with Crippen molar-refractivity contribution in [3.05, 3.63) is 29.8 Å². The van der Waals surface area contributed by atoms with Crippen molar-refractivity contribution in [2.45, 2.75) is 31.7 Å². The topological polar surface area (TPSA) is 68.9 Å². The summed E-state index contributed by atoms with van der Waals surface area (Å²) in [6, 6.07) is 8.29. The van der Waals surface area contributed by atoms with E-state index in [1.807, 2.05) is 18.2 Å². The Morgan fingerprint density at radius 1 is 1.43 bits per heavy atom. The normalized spacial score (nSPS) is 21.6. The molecule has 1 aliphatic heterocycles. The molecule has 2 aliphatic rings. The number of halogens is 1. The molecule has 1 aromatic carbocycles. The Balaban J connectivity index is 0.00000192. The highest BCUT2D eigenvalue weighted by Crippen LogP contribution is 2.48. The molecule has 0 saturated heterocycles. The zero-order valence-electron chi connectivity index (χ0n) is 13.6. The van der Waals surface area contributed by atoms with Gasteiger partial charge >= 0.3 is 0 Å². The van der Waals surface area contributed by atoms with Gasteiger partial charge in [0.2, 0.25) is 0 Å². The van der Waals surface area contributed by atoms with Gasteiger partial charge in [0, 0.05) is 32.2 Å². The first-order valence-electron chi connectivity index (χ1n) is 8.00. The fraction of sp³-hybridized carbons (Fsp3) is 0.588. The molecule has 0 bridgehead atoms. The van der Waals surface area contributed by atoms with Crippen molar-refractivity contribution in [3.63, 3.8) is 0 Å². The highest BCUT2D eigenvalue weighted by molar-refractivity contribution is 14.0. The number of nitrogens with zero attached hydrogens (tertiary/aromatic N) is 1. The minimum Gasteiger partial charge on any atom is -0.493 e. The average Bonchev–Trinajstić information content (AvgIpc) is 3.32. The molecular weight excluding hydrogens is 405 g/mol. The van der Waals surface area contributed by atoms with E-state index >= 15 is 0 Å². The lowest BCUT2D eigenvalue weighted by Gasteiger charge is -2.27. The van der Waals surface area contributed by atoms with Crippen LogP contribution in [0.2, 0.25) is 0 Å². The Hall–Kier alpha value is -1.02. The molecule has 1 atom stereocenters. The molecule has 1 unspecified atom stereocenters. The number of guanidine groups is 1. The summed E-state index contributed by atoms with van der Waals surface area (Å²) in [5.74, 6) is 1.48. The molecule has 1 heterocycles. The summed E-state index contributed by atoms with van der Waals surface area (Å²) in [5.41, 5.74) is 7.58. The molecule has 1 saturated carbocycles. The summed E-state index contributed by atoms with van der Waals surface area (Å²) in [6.07, 6.45) is 4.43. The van der Waals surface area contributed by atoms with E-state index in [9.17, 15) is 0 Å². The van der Waals surface area contributed by atoms with Crippen LogP contribution in [-0.2, 0) is 4.74 Å². The number of ether oxygens (including phenoxy) is 2. The van der Waals surface area contributed by atoms with Gasteiger partial charge in [0.05, 0.1) is 12.6 Å². The van der Waals surface area contributed by atoms with E-state index in [2.05, 4.69) is 16.4 Å². The molecule has 128 valence electrons. The number of hydrogen-bond donors (Lipinski definition) is 2. The summed E-state index contributed by atoms with van der Waals surface area (Å²) in [5, 5.41) is 3.35. The van der Waals surface area contributed by atoms with E-state index in [0.717, 1.165) is 37.3 Å². The molecular formula is C17H26IN3O2. The van der Waals surface area contributed by atoms with Gasteiger partial charge in [-0.05, 0) is 30.7 Å². The smallest absolute Gasteiger partial charge is 0.189 e. The van der Waals surface area contributed by atoms with Crippen molar-refractivity contribution in [2.75, 3.05) is 26.9 Å². The zero-order chi connectivity index (χ0) is 15.4. The highest BCUT2D eigenvalue weighted by Gasteiger charge is 2.41. The molecule has 0 radical (unpaired) electrons. The largest absolute Gasteiger partial charge is 0.493 e. The predicted molar refractivity (Wildman–Crippen MR) is 102 cm³/mol. The van der Waals surface area contributed by atoms with E-state index in [4.69, 9.17) is 15.2 Å². The van der Waals surface area contributed by atoms with Crippen LogP contribution in [0, 0.1) is 5.41 Å². The summed E-state index contributed by atoms with van der Waals surface area (Å²) < 4.78 is 10.8. The van der Waals surface area contributed by atoms with Gasteiger partial charge in [-0.3, -0.25) is 4.99 Å². The van der Waals surface area contributed by atoms with Crippen LogP contribution in [-0.4, -0.2) is 32.8 Å². The fourth-order valence-electron chi connectivity index (χ4n) is 2.95. The van der Waals surface area contributed by atoms with Crippen molar-refractivity contribution in [1.82, 2.24) is 5.32 Å². The Kier molecular flexibility index (Phi) is 6.52. The van der Waals surface area contributed by atoms with Crippen LogP contribution >= 0.6 is 24.0 Å². The zero-order valence-corrected chi connectivity index (χ0v) is 15.9. The maximum atomic E-state index is 6.09. The Labute approximate surface area is 155 Å². The number of hydrogen-bond acceptors (Lipinski definition) is 3. The van der Waals surface area contributed by atoms with Gasteiger partial charge in [-0.2, -0.15) is 0 Å². The van der Waals surface area contributed by atoms with Gasteiger partial charge in [0.25, 0.3) is 0 Å². The molecule has 1 aromatic rings. The third kappa shape index (κ3) is 4.73. The minimum atomic E-state index is 0. The van der Waals surface area contributed by atoms with Gasteiger partial charge in [-0.1, -0.05) is 18.2 Å². The van der Waals surface area contributed by atoms with Crippen LogP contribution in [0.15, 0.2) is 29.3 Å². The Bertz CT molecular complexity index is 546. The van der Waals surface area contributed by atoms with E-state index in [1.54, 1.807) is 7.11 Å². The highest BCUT2D eigenvalue weighted by atomic mass is 127. The molecule has 1 fully saturated rings. The van der Waals surface area contributed by atoms with Crippen molar-refractivity contribution in [3.8, 4) is 5.75 Å². The molecule has 3 N–H and O–H groups in total. The van der Waals surface area contributed by atoms with Gasteiger partial charge < -0.3 is 20.5 Å². The monoisotopic (exact) mass is 431 g/mol. The number of para-hydroxylation sites is 1. The van der Waals surface area contributed by atoms with Crippen LogP contribution in [0.5, 0.6) is 5.75 Å². The summed E-state index contributed by atoms with van der Waals surface area (Å²) in [6.45, 7) is 2.30. The van der Waals surface area contributed by atoms with E-state index in [0.29, 0.717) is 18.0 Å². The third-order valence-electron chi connectivity index (χ3n) is 4.66. The molecule has 23 heavy (non-hydrogen) atoms. The maximum Gasteiger partial charge on any atom is 0.189 e. The van der Waals surface area contributed by atoms with Crippen LogP contribution in [0.3, 0.4) is 0 Å². The molecule has 6 heteroatoms. The summed E-state index contributed by atoms with van der Waals surface area (Å²) in [7, 11) is 1.75. The lowest BCUT2D eigenvalue weighted by Crippen LogP contribution is -2.37. The maximum absolute atomic E-state index is 6.09. The molecule has 0 amide bonds. The number of rotatable bonds is 6. The average molecular weight is 431 g/mol. The van der Waals surface area contributed by atoms with Crippen molar-refractivity contribution < 1.29 is 9.47 Å². The Morgan fingerprint density at radius 3 is 2.96 bits per heavy atom. The summed E-state index contributed by atoms with van der Waals surface area (Å²) in [4.78, 5) is 4.57. The second-order valence-electron chi connectivity index (χ2n) is 6.32. The minimum absolute atomic E-state index is 0. The standard InChI is InChI=1S/C17H25N3O2.HI/c1-21-11-9-17(7-8-17)12-19-16(18)20-14-6-10-22-15-5-3-2-4-13(14)15;/h2-5,14H,6-12H2,1H3,(H3,18,19,20);1H. The number of aliphatic imine (C=N–C) groups is 1. The number of fused-ring (bicyclic) bond motifs is 1. The molecule has 3 rings (SSSR count). The third-order valence-corrected chi connectivity index (χ3v) is 4.66. The first-order valence-corrected chi connectivity index (χ1v) is 8.00. The van der Waals surface area contributed by atoms with E-state index in [-0.39, 0.29) is 30.0 Å². The Morgan fingerprint density at radius 2 is 2.22 bits per heavy atom. The van der Waals surface area contributed by atoms with E-state index < -0.39 is 0 Å². The molecule has 0 spiro atoms. The van der Waals surface area contributed by atoms with Crippen molar-refractivity contribution >= 4 is 29.9 Å². The van der Waals surface area contributed by atoms with Crippen LogP contribution in [0.25, 0.3) is 0 Å².